The van der Waals surface area contributed by atoms with E-state index in [0.29, 0.717) is 32.1 Å². The van der Waals surface area contributed by atoms with Gasteiger partial charge in [-0.1, -0.05) is 6.92 Å². The summed E-state index contributed by atoms with van der Waals surface area (Å²) in [5, 5.41) is 6.80. The summed E-state index contributed by atoms with van der Waals surface area (Å²) in [5.41, 5.74) is 1.01. The Morgan fingerprint density at radius 2 is 1.77 bits per heavy atom. The number of carbonyl (C=O) groups excluding carboxylic acids is 1. The number of rotatable bonds is 7. The van der Waals surface area contributed by atoms with Gasteiger partial charge in [-0.3, -0.25) is 9.79 Å². The van der Waals surface area contributed by atoms with Crippen LogP contribution in [0.1, 0.15) is 32.6 Å². The van der Waals surface area contributed by atoms with Gasteiger partial charge in [0.1, 0.15) is 5.82 Å². The number of guanidine groups is 1. The molecule has 0 bridgehead atoms. The van der Waals surface area contributed by atoms with Crippen molar-refractivity contribution < 1.29 is 9.18 Å². The summed E-state index contributed by atoms with van der Waals surface area (Å²) < 4.78 is 13.1. The molecule has 0 radical (unpaired) electrons. The van der Waals surface area contributed by atoms with Gasteiger partial charge in [0.2, 0.25) is 5.91 Å². The number of piperazine rings is 1. The van der Waals surface area contributed by atoms with E-state index in [-0.39, 0.29) is 11.7 Å². The van der Waals surface area contributed by atoms with E-state index < -0.39 is 0 Å². The van der Waals surface area contributed by atoms with E-state index in [1.165, 1.54) is 25.1 Å². The third kappa shape index (κ3) is 7.09. The van der Waals surface area contributed by atoms with Crippen molar-refractivity contribution in [2.24, 2.45) is 4.99 Å². The number of carbonyl (C=O) groups is 1. The van der Waals surface area contributed by atoms with Crippen molar-refractivity contribution in [1.29, 1.82) is 0 Å². The van der Waals surface area contributed by atoms with Gasteiger partial charge in [0.25, 0.3) is 0 Å². The molecule has 2 aliphatic rings. The largest absolute Gasteiger partial charge is 0.368 e. The van der Waals surface area contributed by atoms with E-state index >= 15 is 0 Å². The molecule has 1 amide bonds. The molecule has 0 spiro atoms. The smallest absolute Gasteiger partial charge is 0.224 e. The zero-order valence-corrected chi connectivity index (χ0v) is 18.9. The lowest BCUT2D eigenvalue weighted by molar-refractivity contribution is -0.131. The number of nitrogens with zero attached hydrogens (tertiary/aromatic N) is 4. The highest BCUT2D eigenvalue weighted by Gasteiger charge is 2.22. The number of hydrogen-bond acceptors (Lipinski definition) is 4. The molecule has 1 aromatic rings. The Balaban J connectivity index is 1.33. The maximum absolute atomic E-state index is 13.1. The number of piperidine rings is 1. The van der Waals surface area contributed by atoms with E-state index in [9.17, 15) is 9.18 Å². The fraction of sp³-hybridized carbons (Fsp3) is 0.652. The Kier molecular flexibility index (Phi) is 8.94. The van der Waals surface area contributed by atoms with Gasteiger partial charge in [-0.25, -0.2) is 4.39 Å². The number of anilines is 1. The molecule has 2 aliphatic heterocycles. The fourth-order valence-corrected chi connectivity index (χ4v) is 4.32. The van der Waals surface area contributed by atoms with Crippen LogP contribution >= 0.6 is 0 Å². The molecule has 2 N–H and O–H groups in total. The van der Waals surface area contributed by atoms with Crippen LogP contribution in [0.3, 0.4) is 0 Å². The van der Waals surface area contributed by atoms with Crippen molar-refractivity contribution in [3.63, 3.8) is 0 Å². The summed E-state index contributed by atoms with van der Waals surface area (Å²) in [6.07, 6.45) is 3.90. The predicted octanol–water partition coefficient (Wildman–Crippen LogP) is 1.90. The molecule has 31 heavy (non-hydrogen) atoms. The minimum atomic E-state index is -0.225. The first kappa shape index (κ1) is 23.3. The monoisotopic (exact) mass is 432 g/mol. The van der Waals surface area contributed by atoms with Crippen LogP contribution in [-0.4, -0.2) is 87.1 Å². The molecule has 2 heterocycles. The predicted molar refractivity (Wildman–Crippen MR) is 124 cm³/mol. The lowest BCUT2D eigenvalue weighted by Crippen LogP contribution is -2.50. The number of nitrogens with one attached hydrogen (secondary N) is 2. The molecule has 0 aromatic heterocycles. The normalized spacial score (nSPS) is 18.9. The van der Waals surface area contributed by atoms with Gasteiger partial charge in [-0.2, -0.15) is 0 Å². The van der Waals surface area contributed by atoms with Crippen LogP contribution in [0.5, 0.6) is 0 Å². The van der Waals surface area contributed by atoms with Crippen molar-refractivity contribution in [1.82, 2.24) is 20.4 Å². The Bertz CT molecular complexity index is 709. The van der Waals surface area contributed by atoms with Gasteiger partial charge in [0, 0.05) is 71.0 Å². The standard InChI is InChI=1S/C23H37FN6O/c1-3-12-28-13-9-20(10-14-28)27-23(25-2)26-11-8-22(31)30-17-15-29(16-18-30)21-6-4-19(24)5-7-21/h4-7,20H,3,8-18H2,1-2H3,(H2,25,26,27). The molecule has 8 heteroatoms. The molecule has 7 nitrogen and oxygen atoms in total. The number of likely N-dealkylation sites (tertiary alicyclic amines) is 1. The molecule has 172 valence electrons. The Morgan fingerprint density at radius 1 is 1.10 bits per heavy atom. The van der Waals surface area contributed by atoms with Gasteiger partial charge < -0.3 is 25.3 Å². The molecular weight excluding hydrogens is 395 g/mol. The number of hydrogen-bond donors (Lipinski definition) is 2. The second-order valence-electron chi connectivity index (χ2n) is 8.35. The van der Waals surface area contributed by atoms with Crippen LogP contribution < -0.4 is 15.5 Å². The Morgan fingerprint density at radius 3 is 2.39 bits per heavy atom. The van der Waals surface area contributed by atoms with Crippen LogP contribution in [0.15, 0.2) is 29.3 Å². The van der Waals surface area contributed by atoms with Crippen LogP contribution in [0.4, 0.5) is 10.1 Å². The van der Waals surface area contributed by atoms with E-state index in [1.807, 2.05) is 4.90 Å². The maximum Gasteiger partial charge on any atom is 0.224 e. The van der Waals surface area contributed by atoms with Gasteiger partial charge in [-0.15, -0.1) is 0 Å². The van der Waals surface area contributed by atoms with Crippen molar-refractivity contribution in [2.45, 2.75) is 38.6 Å². The molecule has 2 fully saturated rings. The Labute approximate surface area is 185 Å². The highest BCUT2D eigenvalue weighted by atomic mass is 19.1. The van der Waals surface area contributed by atoms with Crippen molar-refractivity contribution in [2.75, 3.05) is 64.3 Å². The second-order valence-corrected chi connectivity index (χ2v) is 8.35. The quantitative estimate of drug-likeness (QED) is 0.509. The summed E-state index contributed by atoms with van der Waals surface area (Å²) in [6.45, 7) is 9.17. The molecular formula is C23H37FN6O. The molecule has 0 aliphatic carbocycles. The summed E-state index contributed by atoms with van der Waals surface area (Å²) >= 11 is 0. The molecule has 0 saturated carbocycles. The van der Waals surface area contributed by atoms with Crippen molar-refractivity contribution in [3.05, 3.63) is 30.1 Å². The summed E-state index contributed by atoms with van der Waals surface area (Å²) in [5.74, 6) is 0.717. The number of halogens is 1. The van der Waals surface area contributed by atoms with E-state index in [4.69, 9.17) is 0 Å². The second kappa shape index (κ2) is 11.9. The highest BCUT2D eigenvalue weighted by molar-refractivity contribution is 5.81. The topological polar surface area (TPSA) is 63.2 Å². The van der Waals surface area contributed by atoms with Crippen LogP contribution in [0.2, 0.25) is 0 Å². The zero-order chi connectivity index (χ0) is 22.1. The van der Waals surface area contributed by atoms with E-state index in [0.717, 1.165) is 50.7 Å². The average Bonchev–Trinajstić information content (AvgIpc) is 2.80. The summed E-state index contributed by atoms with van der Waals surface area (Å²) in [4.78, 5) is 23.5. The fourth-order valence-electron chi connectivity index (χ4n) is 4.32. The SMILES string of the molecule is CCCN1CCC(NC(=NC)NCCC(=O)N2CCN(c3ccc(F)cc3)CC2)CC1. The molecule has 0 atom stereocenters. The van der Waals surface area contributed by atoms with Gasteiger partial charge >= 0.3 is 0 Å². The third-order valence-electron chi connectivity index (χ3n) is 6.15. The van der Waals surface area contributed by atoms with E-state index in [2.05, 4.69) is 32.3 Å². The average molecular weight is 433 g/mol. The minimum absolute atomic E-state index is 0.162. The first-order valence-electron chi connectivity index (χ1n) is 11.6. The number of aliphatic imine (C=N–C) groups is 1. The van der Waals surface area contributed by atoms with E-state index in [1.54, 1.807) is 19.2 Å². The maximum atomic E-state index is 13.1. The van der Waals surface area contributed by atoms with Gasteiger partial charge in [0.15, 0.2) is 5.96 Å². The van der Waals surface area contributed by atoms with Crippen LogP contribution in [0.25, 0.3) is 0 Å². The van der Waals surface area contributed by atoms with Crippen LogP contribution in [-0.2, 0) is 4.79 Å². The van der Waals surface area contributed by atoms with Gasteiger partial charge in [-0.05, 0) is 50.1 Å². The van der Waals surface area contributed by atoms with Crippen LogP contribution in [0, 0.1) is 5.82 Å². The minimum Gasteiger partial charge on any atom is -0.368 e. The van der Waals surface area contributed by atoms with Crippen molar-refractivity contribution >= 4 is 17.6 Å². The first-order chi connectivity index (χ1) is 15.1. The lowest BCUT2D eigenvalue weighted by atomic mass is 10.1. The summed E-state index contributed by atoms with van der Waals surface area (Å²) in [7, 11) is 1.78. The molecule has 3 rings (SSSR count). The molecule has 2 saturated heterocycles. The third-order valence-corrected chi connectivity index (χ3v) is 6.15. The highest BCUT2D eigenvalue weighted by Crippen LogP contribution is 2.17. The molecule has 1 aromatic carbocycles. The molecule has 0 unspecified atom stereocenters. The summed E-state index contributed by atoms with van der Waals surface area (Å²) in [6, 6.07) is 6.99. The first-order valence-corrected chi connectivity index (χ1v) is 11.6. The number of amides is 1. The lowest BCUT2D eigenvalue weighted by Gasteiger charge is -2.36. The zero-order valence-electron chi connectivity index (χ0n) is 18.9. The number of benzene rings is 1. The van der Waals surface area contributed by atoms with Gasteiger partial charge in [0.05, 0.1) is 0 Å². The van der Waals surface area contributed by atoms with Crippen molar-refractivity contribution in [3.8, 4) is 0 Å². The Hall–Kier alpha value is -2.35.